The molecule has 0 atom stereocenters. The van der Waals surface area contributed by atoms with Gasteiger partial charge in [-0.15, -0.1) is 0 Å². The van der Waals surface area contributed by atoms with Gasteiger partial charge in [-0.2, -0.15) is 0 Å². The lowest BCUT2D eigenvalue weighted by Crippen LogP contribution is -2.46. The minimum absolute atomic E-state index is 0.0345. The fourth-order valence-corrected chi connectivity index (χ4v) is 2.13. The largest absolute Gasteiger partial charge is 0.466 e. The Morgan fingerprint density at radius 2 is 2.10 bits per heavy atom. The van der Waals surface area contributed by atoms with Gasteiger partial charge >= 0.3 is 0 Å². The van der Waals surface area contributed by atoms with Crippen molar-refractivity contribution in [3.63, 3.8) is 0 Å². The molecule has 0 aromatic carbocycles. The first-order valence-electron chi connectivity index (χ1n) is 6.41. The van der Waals surface area contributed by atoms with E-state index in [2.05, 4.69) is 10.9 Å². The summed E-state index contributed by atoms with van der Waals surface area (Å²) in [6.07, 6.45) is 1.25. The molecule has 0 radical (unpaired) electrons. The van der Waals surface area contributed by atoms with E-state index in [9.17, 15) is 14.4 Å². The Morgan fingerprint density at radius 3 is 2.65 bits per heavy atom. The quantitative estimate of drug-likeness (QED) is 0.777. The van der Waals surface area contributed by atoms with Crippen molar-refractivity contribution in [2.75, 3.05) is 13.1 Å². The van der Waals surface area contributed by atoms with Gasteiger partial charge < -0.3 is 9.32 Å². The summed E-state index contributed by atoms with van der Waals surface area (Å²) in [5.74, 6) is 0.213. The number of hydrazine groups is 1. The maximum Gasteiger partial charge on any atom is 0.273 e. The predicted molar refractivity (Wildman–Crippen MR) is 69.6 cm³/mol. The van der Waals surface area contributed by atoms with E-state index in [1.165, 1.54) is 4.90 Å². The smallest absolute Gasteiger partial charge is 0.273 e. The van der Waals surface area contributed by atoms with Crippen LogP contribution in [-0.2, 0) is 9.59 Å². The SMILES string of the molecule is Cc1cc(C(=O)NNC(=O)CN2CCCC2=O)c(C)o1. The van der Waals surface area contributed by atoms with E-state index in [4.69, 9.17) is 4.42 Å². The number of furan rings is 1. The molecule has 1 aliphatic rings. The molecule has 0 bridgehead atoms. The van der Waals surface area contributed by atoms with Gasteiger partial charge in [0.2, 0.25) is 5.91 Å². The second-order valence-electron chi connectivity index (χ2n) is 4.75. The molecular formula is C13H17N3O4. The van der Waals surface area contributed by atoms with Crippen LogP contribution in [0.15, 0.2) is 10.5 Å². The van der Waals surface area contributed by atoms with Gasteiger partial charge in [0, 0.05) is 13.0 Å². The molecule has 2 N–H and O–H groups in total. The lowest BCUT2D eigenvalue weighted by Gasteiger charge is -2.15. The zero-order chi connectivity index (χ0) is 14.7. The summed E-state index contributed by atoms with van der Waals surface area (Å²) in [6, 6.07) is 1.60. The number of nitrogens with one attached hydrogen (secondary N) is 2. The first-order chi connectivity index (χ1) is 9.47. The van der Waals surface area contributed by atoms with Gasteiger partial charge in [0.1, 0.15) is 18.1 Å². The van der Waals surface area contributed by atoms with Gasteiger partial charge in [0.15, 0.2) is 0 Å². The van der Waals surface area contributed by atoms with Gasteiger partial charge in [-0.1, -0.05) is 0 Å². The Balaban J connectivity index is 1.82. The third-order valence-corrected chi connectivity index (χ3v) is 3.11. The second-order valence-corrected chi connectivity index (χ2v) is 4.75. The monoisotopic (exact) mass is 279 g/mol. The molecule has 7 nitrogen and oxygen atoms in total. The van der Waals surface area contributed by atoms with Crippen molar-refractivity contribution in [1.29, 1.82) is 0 Å². The number of carbonyl (C=O) groups is 3. The number of likely N-dealkylation sites (tertiary alicyclic amines) is 1. The third kappa shape index (κ3) is 3.17. The minimum Gasteiger partial charge on any atom is -0.466 e. The van der Waals surface area contributed by atoms with E-state index in [0.717, 1.165) is 6.42 Å². The highest BCUT2D eigenvalue weighted by Crippen LogP contribution is 2.13. The first-order valence-corrected chi connectivity index (χ1v) is 6.41. The molecule has 0 spiro atoms. The highest BCUT2D eigenvalue weighted by atomic mass is 16.3. The van der Waals surface area contributed by atoms with Crippen LogP contribution >= 0.6 is 0 Å². The van der Waals surface area contributed by atoms with Crippen LogP contribution in [0.5, 0.6) is 0 Å². The molecular weight excluding hydrogens is 262 g/mol. The van der Waals surface area contributed by atoms with Crippen LogP contribution in [0.25, 0.3) is 0 Å². The molecule has 0 aliphatic carbocycles. The van der Waals surface area contributed by atoms with Crippen LogP contribution in [0.4, 0.5) is 0 Å². The number of aryl methyl sites for hydroxylation is 2. The van der Waals surface area contributed by atoms with Crippen molar-refractivity contribution in [2.24, 2.45) is 0 Å². The number of carbonyl (C=O) groups excluding carboxylic acids is 3. The van der Waals surface area contributed by atoms with E-state index in [1.54, 1.807) is 19.9 Å². The van der Waals surface area contributed by atoms with Gasteiger partial charge in [-0.25, -0.2) is 0 Å². The Kier molecular flexibility index (Phi) is 4.07. The van der Waals surface area contributed by atoms with E-state index >= 15 is 0 Å². The maximum absolute atomic E-state index is 11.8. The normalized spacial score (nSPS) is 14.5. The number of nitrogens with zero attached hydrogens (tertiary/aromatic N) is 1. The highest BCUT2D eigenvalue weighted by molar-refractivity contribution is 5.96. The van der Waals surface area contributed by atoms with E-state index in [-0.39, 0.29) is 12.5 Å². The fourth-order valence-electron chi connectivity index (χ4n) is 2.13. The lowest BCUT2D eigenvalue weighted by atomic mass is 10.2. The summed E-state index contributed by atoms with van der Waals surface area (Å²) in [5.41, 5.74) is 4.97. The molecule has 3 amide bonds. The summed E-state index contributed by atoms with van der Waals surface area (Å²) >= 11 is 0. The molecule has 1 aromatic heterocycles. The highest BCUT2D eigenvalue weighted by Gasteiger charge is 2.22. The van der Waals surface area contributed by atoms with Crippen LogP contribution in [-0.4, -0.2) is 35.7 Å². The summed E-state index contributed by atoms with van der Waals surface area (Å²) in [4.78, 5) is 36.3. The summed E-state index contributed by atoms with van der Waals surface area (Å²) < 4.78 is 5.24. The Morgan fingerprint density at radius 1 is 1.35 bits per heavy atom. The van der Waals surface area contributed by atoms with E-state index in [0.29, 0.717) is 30.0 Å². The summed E-state index contributed by atoms with van der Waals surface area (Å²) in [6.45, 7) is 3.96. The molecule has 1 aliphatic heterocycles. The van der Waals surface area contributed by atoms with Crippen LogP contribution < -0.4 is 10.9 Å². The standard InChI is InChI=1S/C13H17N3O4/c1-8-6-10(9(2)20-8)13(19)15-14-11(17)7-16-5-3-4-12(16)18/h6H,3-5,7H2,1-2H3,(H,14,17)(H,15,19). The summed E-state index contributed by atoms with van der Waals surface area (Å²) in [7, 11) is 0. The third-order valence-electron chi connectivity index (χ3n) is 3.11. The van der Waals surface area contributed by atoms with Gasteiger partial charge in [-0.3, -0.25) is 25.2 Å². The summed E-state index contributed by atoms with van der Waals surface area (Å²) in [5, 5.41) is 0. The number of amides is 3. The lowest BCUT2D eigenvalue weighted by molar-refractivity contribution is -0.133. The molecule has 1 fully saturated rings. The second kappa shape index (κ2) is 5.77. The zero-order valence-electron chi connectivity index (χ0n) is 11.5. The van der Waals surface area contributed by atoms with Gasteiger partial charge in [-0.05, 0) is 26.3 Å². The molecule has 2 heterocycles. The van der Waals surface area contributed by atoms with Crippen LogP contribution in [0.3, 0.4) is 0 Å². The molecule has 108 valence electrons. The van der Waals surface area contributed by atoms with Crippen LogP contribution in [0.1, 0.15) is 34.7 Å². The fraction of sp³-hybridized carbons (Fsp3) is 0.462. The first kappa shape index (κ1) is 14.1. The maximum atomic E-state index is 11.8. The molecule has 7 heteroatoms. The average Bonchev–Trinajstić information content (AvgIpc) is 2.93. The molecule has 0 unspecified atom stereocenters. The van der Waals surface area contributed by atoms with Crippen molar-refractivity contribution >= 4 is 17.7 Å². The average molecular weight is 279 g/mol. The Hall–Kier alpha value is -2.31. The van der Waals surface area contributed by atoms with Crippen LogP contribution in [0, 0.1) is 13.8 Å². The van der Waals surface area contributed by atoms with Crippen molar-refractivity contribution < 1.29 is 18.8 Å². The minimum atomic E-state index is -0.444. The Labute approximate surface area is 116 Å². The van der Waals surface area contributed by atoms with Gasteiger partial charge in [0.05, 0.1) is 5.56 Å². The van der Waals surface area contributed by atoms with Crippen molar-refractivity contribution in [2.45, 2.75) is 26.7 Å². The number of hydrogen-bond donors (Lipinski definition) is 2. The molecule has 1 saturated heterocycles. The molecule has 2 rings (SSSR count). The van der Waals surface area contributed by atoms with E-state index in [1.807, 2.05) is 0 Å². The van der Waals surface area contributed by atoms with Crippen molar-refractivity contribution in [3.8, 4) is 0 Å². The molecule has 1 aromatic rings. The van der Waals surface area contributed by atoms with Gasteiger partial charge in [0.25, 0.3) is 11.8 Å². The number of rotatable bonds is 3. The Bertz CT molecular complexity index is 550. The zero-order valence-corrected chi connectivity index (χ0v) is 11.5. The molecule has 0 saturated carbocycles. The molecule has 20 heavy (non-hydrogen) atoms. The van der Waals surface area contributed by atoms with Crippen molar-refractivity contribution in [3.05, 3.63) is 23.2 Å². The topological polar surface area (TPSA) is 91.7 Å². The van der Waals surface area contributed by atoms with Crippen LogP contribution in [0.2, 0.25) is 0 Å². The van der Waals surface area contributed by atoms with Crippen molar-refractivity contribution in [1.82, 2.24) is 15.8 Å². The number of hydrogen-bond acceptors (Lipinski definition) is 4. The van der Waals surface area contributed by atoms with E-state index < -0.39 is 11.8 Å². The predicted octanol–water partition coefficient (Wildman–Crippen LogP) is 0.280.